The van der Waals surface area contributed by atoms with Gasteiger partial charge in [-0.05, 0) is 36.8 Å². The Morgan fingerprint density at radius 1 is 1.25 bits per heavy atom. The van der Waals surface area contributed by atoms with Gasteiger partial charge in [0, 0.05) is 0 Å². The van der Waals surface area contributed by atoms with Gasteiger partial charge in [0.05, 0.1) is 25.6 Å². The maximum atomic E-state index is 10.9. The smallest absolute Gasteiger partial charge is 0.264 e. The number of aryl methyl sites for hydroxylation is 1. The molecule has 0 spiro atoms. The zero-order valence-corrected chi connectivity index (χ0v) is 12.9. The van der Waals surface area contributed by atoms with Gasteiger partial charge in [0.1, 0.15) is 0 Å². The summed E-state index contributed by atoms with van der Waals surface area (Å²) in [5.74, 6) is 0.536. The van der Waals surface area contributed by atoms with Gasteiger partial charge in [-0.25, -0.2) is 0 Å². The maximum Gasteiger partial charge on any atom is 0.264 e. The molecule has 0 bridgehead atoms. The minimum absolute atomic E-state index is 0.0492. The van der Waals surface area contributed by atoms with E-state index in [0.29, 0.717) is 12.5 Å². The van der Waals surface area contributed by atoms with Gasteiger partial charge in [0.15, 0.2) is 0 Å². The highest BCUT2D eigenvalue weighted by Crippen LogP contribution is 2.40. The molecule has 1 saturated carbocycles. The van der Waals surface area contributed by atoms with Crippen molar-refractivity contribution in [3.8, 4) is 0 Å². The Balaban J connectivity index is 1.96. The highest BCUT2D eigenvalue weighted by molar-refractivity contribution is 7.85. The van der Waals surface area contributed by atoms with Crippen molar-refractivity contribution < 1.29 is 17.3 Å². The predicted octanol–water partition coefficient (Wildman–Crippen LogP) is 2.83. The first-order valence-corrected chi connectivity index (χ1v) is 8.80. The lowest BCUT2D eigenvalue weighted by Gasteiger charge is -2.34. The van der Waals surface area contributed by atoms with Crippen molar-refractivity contribution in [3.05, 3.63) is 35.4 Å². The second kappa shape index (κ2) is 6.70. The second-order valence-electron chi connectivity index (χ2n) is 5.37. The van der Waals surface area contributed by atoms with E-state index in [0.717, 1.165) is 6.26 Å². The molecule has 0 aliphatic heterocycles. The molecule has 0 heterocycles. The van der Waals surface area contributed by atoms with Crippen LogP contribution < -0.4 is 0 Å². The minimum atomic E-state index is -3.39. The van der Waals surface area contributed by atoms with Crippen molar-refractivity contribution in [2.45, 2.75) is 32.3 Å². The summed E-state index contributed by atoms with van der Waals surface area (Å²) in [6.45, 7) is 2.45. The van der Waals surface area contributed by atoms with Crippen LogP contribution in [0.1, 0.15) is 36.5 Å². The van der Waals surface area contributed by atoms with Gasteiger partial charge >= 0.3 is 0 Å². The third kappa shape index (κ3) is 4.30. The topological polar surface area (TPSA) is 52.6 Å². The molecule has 1 aromatic rings. The fraction of sp³-hybridized carbons (Fsp3) is 0.600. The minimum Gasteiger partial charge on any atom is -0.371 e. The highest BCUT2D eigenvalue weighted by atomic mass is 32.2. The van der Waals surface area contributed by atoms with Crippen LogP contribution in [0.25, 0.3) is 0 Å². The van der Waals surface area contributed by atoms with Crippen LogP contribution in [-0.4, -0.2) is 27.9 Å². The Hall–Kier alpha value is -0.910. The van der Waals surface area contributed by atoms with E-state index in [1.807, 2.05) is 12.1 Å². The van der Waals surface area contributed by atoms with E-state index in [4.69, 9.17) is 8.92 Å². The third-order valence-electron chi connectivity index (χ3n) is 3.75. The van der Waals surface area contributed by atoms with Gasteiger partial charge < -0.3 is 4.74 Å². The number of rotatable bonds is 7. The molecule has 0 N–H and O–H groups in total. The Labute approximate surface area is 121 Å². The average molecular weight is 298 g/mol. The molecular formula is C15H22O4S. The van der Waals surface area contributed by atoms with Crippen molar-refractivity contribution in [2.75, 3.05) is 19.5 Å². The first-order chi connectivity index (χ1) is 9.47. The van der Waals surface area contributed by atoms with Gasteiger partial charge in [-0.2, -0.15) is 8.42 Å². The summed E-state index contributed by atoms with van der Waals surface area (Å²) in [4.78, 5) is 0. The molecule has 1 aliphatic carbocycles. The number of benzene rings is 1. The van der Waals surface area contributed by atoms with Crippen LogP contribution in [0.3, 0.4) is 0 Å². The van der Waals surface area contributed by atoms with Crippen LogP contribution >= 0.6 is 0 Å². The molecule has 1 aliphatic rings. The van der Waals surface area contributed by atoms with Crippen LogP contribution in [0, 0.1) is 12.8 Å². The Kier molecular flexibility index (Phi) is 5.18. The molecule has 1 unspecified atom stereocenters. The summed E-state index contributed by atoms with van der Waals surface area (Å²) in [6, 6.07) is 8.21. The van der Waals surface area contributed by atoms with Gasteiger partial charge in [0.25, 0.3) is 10.1 Å². The summed E-state index contributed by atoms with van der Waals surface area (Å²) in [5, 5.41) is 0. The molecule has 0 radical (unpaired) electrons. The SMILES string of the molecule is Cc1ccccc1C(OCCOS(C)(=O)=O)C1CCC1. The van der Waals surface area contributed by atoms with Gasteiger partial charge in [-0.1, -0.05) is 30.7 Å². The van der Waals surface area contributed by atoms with Crippen molar-refractivity contribution >= 4 is 10.1 Å². The first-order valence-electron chi connectivity index (χ1n) is 6.99. The van der Waals surface area contributed by atoms with Crippen LogP contribution in [0.5, 0.6) is 0 Å². The largest absolute Gasteiger partial charge is 0.371 e. The normalized spacial score (nSPS) is 17.7. The van der Waals surface area contributed by atoms with Crippen molar-refractivity contribution in [3.63, 3.8) is 0 Å². The van der Waals surface area contributed by atoms with Crippen LogP contribution in [0.4, 0.5) is 0 Å². The summed E-state index contributed by atoms with van der Waals surface area (Å²) in [7, 11) is -3.39. The molecule has 0 aromatic heterocycles. The molecule has 0 saturated heterocycles. The summed E-state index contributed by atoms with van der Waals surface area (Å²) < 4.78 is 32.5. The first kappa shape index (κ1) is 15.5. The van der Waals surface area contributed by atoms with E-state index in [1.165, 1.54) is 30.4 Å². The maximum absolute atomic E-state index is 10.9. The van der Waals surface area contributed by atoms with E-state index in [1.54, 1.807) is 0 Å². The van der Waals surface area contributed by atoms with Gasteiger partial charge in [0.2, 0.25) is 0 Å². The second-order valence-corrected chi connectivity index (χ2v) is 7.01. The standard InChI is InChI=1S/C15H22O4S/c1-12-6-3-4-9-14(12)15(13-7-5-8-13)18-10-11-19-20(2,16)17/h3-4,6,9,13,15H,5,7-8,10-11H2,1-2H3. The molecule has 112 valence electrons. The molecule has 2 rings (SSSR count). The molecule has 1 fully saturated rings. The van der Waals surface area contributed by atoms with Crippen LogP contribution in [0.15, 0.2) is 24.3 Å². The fourth-order valence-corrected chi connectivity index (χ4v) is 2.86. The predicted molar refractivity (Wildman–Crippen MR) is 78.0 cm³/mol. The Morgan fingerprint density at radius 2 is 1.95 bits per heavy atom. The Morgan fingerprint density at radius 3 is 2.50 bits per heavy atom. The van der Waals surface area contributed by atoms with E-state index >= 15 is 0 Å². The van der Waals surface area contributed by atoms with Crippen molar-refractivity contribution in [1.82, 2.24) is 0 Å². The lowest BCUT2D eigenvalue weighted by Crippen LogP contribution is -2.25. The summed E-state index contributed by atoms with van der Waals surface area (Å²) >= 11 is 0. The molecule has 1 aromatic carbocycles. The molecule has 20 heavy (non-hydrogen) atoms. The van der Waals surface area contributed by atoms with Crippen molar-refractivity contribution in [2.24, 2.45) is 5.92 Å². The zero-order chi connectivity index (χ0) is 14.6. The van der Waals surface area contributed by atoms with E-state index in [-0.39, 0.29) is 12.7 Å². The van der Waals surface area contributed by atoms with Crippen molar-refractivity contribution in [1.29, 1.82) is 0 Å². The van der Waals surface area contributed by atoms with E-state index in [9.17, 15) is 8.42 Å². The number of hydrogen-bond donors (Lipinski definition) is 0. The van der Waals surface area contributed by atoms with E-state index in [2.05, 4.69) is 19.1 Å². The zero-order valence-electron chi connectivity index (χ0n) is 12.0. The molecule has 5 heteroatoms. The Bertz CT molecular complexity index is 535. The average Bonchev–Trinajstić information content (AvgIpc) is 2.30. The molecular weight excluding hydrogens is 276 g/mol. The van der Waals surface area contributed by atoms with Gasteiger partial charge in [-0.3, -0.25) is 4.18 Å². The van der Waals surface area contributed by atoms with E-state index < -0.39 is 10.1 Å². The van der Waals surface area contributed by atoms with Crippen LogP contribution in [0.2, 0.25) is 0 Å². The third-order valence-corrected chi connectivity index (χ3v) is 4.35. The summed E-state index contributed by atoms with van der Waals surface area (Å²) in [5.41, 5.74) is 2.42. The monoisotopic (exact) mass is 298 g/mol. The quantitative estimate of drug-likeness (QED) is 0.574. The lowest BCUT2D eigenvalue weighted by molar-refractivity contribution is -0.0260. The number of ether oxygens (including phenoxy) is 1. The van der Waals surface area contributed by atoms with Crippen LogP contribution in [-0.2, 0) is 19.0 Å². The molecule has 1 atom stereocenters. The molecule has 0 amide bonds. The lowest BCUT2D eigenvalue weighted by atomic mass is 9.78. The fourth-order valence-electron chi connectivity index (χ4n) is 2.49. The summed E-state index contributed by atoms with van der Waals surface area (Å²) in [6.07, 6.45) is 4.69. The number of hydrogen-bond acceptors (Lipinski definition) is 4. The van der Waals surface area contributed by atoms with Gasteiger partial charge in [-0.15, -0.1) is 0 Å². The highest BCUT2D eigenvalue weighted by Gasteiger charge is 2.30. The molecule has 4 nitrogen and oxygen atoms in total.